The van der Waals surface area contributed by atoms with Crippen LogP contribution in [0.15, 0.2) is 11.1 Å². The first-order valence-corrected chi connectivity index (χ1v) is 4.84. The lowest BCUT2D eigenvalue weighted by molar-refractivity contribution is -0.0411. The lowest BCUT2D eigenvalue weighted by atomic mass is 10.2. The molecule has 0 amide bonds. The van der Waals surface area contributed by atoms with E-state index in [2.05, 4.69) is 26.0 Å². The smallest absolute Gasteiger partial charge is 0.197 e. The molecule has 4 nitrogen and oxygen atoms in total. The molecule has 2 rings (SSSR count). The highest BCUT2D eigenvalue weighted by molar-refractivity contribution is 9.10. The molecule has 1 fully saturated rings. The molecule has 1 aromatic heterocycles. The van der Waals surface area contributed by atoms with Crippen molar-refractivity contribution >= 4 is 15.9 Å². The maximum Gasteiger partial charge on any atom is 0.197 e. The Morgan fingerprint density at radius 3 is 3.08 bits per heavy atom. The van der Waals surface area contributed by atoms with Gasteiger partial charge in [-0.25, -0.2) is 9.67 Å². The minimum Gasteiger partial charge on any atom is -0.356 e. The molecule has 0 bridgehead atoms. The van der Waals surface area contributed by atoms with E-state index in [1.807, 2.05) is 0 Å². The molecule has 0 radical (unpaired) electrons. The van der Waals surface area contributed by atoms with E-state index in [-0.39, 0.29) is 6.23 Å². The fourth-order valence-electron chi connectivity index (χ4n) is 1.35. The van der Waals surface area contributed by atoms with Gasteiger partial charge in [-0.05, 0) is 35.2 Å². The van der Waals surface area contributed by atoms with Crippen molar-refractivity contribution in [3.05, 3.63) is 11.1 Å². The number of rotatable bonds is 1. The molecule has 0 aromatic carbocycles. The van der Waals surface area contributed by atoms with E-state index in [4.69, 9.17) is 4.74 Å². The molecule has 1 aliphatic heterocycles. The topological polar surface area (TPSA) is 39.9 Å². The summed E-state index contributed by atoms with van der Waals surface area (Å²) in [5.41, 5.74) is 0. The lowest BCUT2D eigenvalue weighted by Gasteiger charge is -2.22. The van der Waals surface area contributed by atoms with Crippen LogP contribution >= 0.6 is 15.9 Å². The van der Waals surface area contributed by atoms with Gasteiger partial charge in [-0.2, -0.15) is 5.10 Å². The third kappa shape index (κ3) is 1.51. The van der Waals surface area contributed by atoms with Gasteiger partial charge in [0.05, 0.1) is 0 Å². The number of halogens is 1. The van der Waals surface area contributed by atoms with Crippen molar-refractivity contribution in [3.8, 4) is 0 Å². The number of hydrogen-bond acceptors (Lipinski definition) is 3. The summed E-state index contributed by atoms with van der Waals surface area (Å²) in [5.74, 6) is 0. The zero-order valence-corrected chi connectivity index (χ0v) is 8.20. The van der Waals surface area contributed by atoms with Crippen LogP contribution in [0.4, 0.5) is 0 Å². The van der Waals surface area contributed by atoms with Crippen LogP contribution < -0.4 is 0 Å². The molecular weight excluding hydrogens is 222 g/mol. The fourth-order valence-corrected chi connectivity index (χ4v) is 1.76. The summed E-state index contributed by atoms with van der Waals surface area (Å²) in [5, 5.41) is 4.07. The molecule has 1 aliphatic rings. The first kappa shape index (κ1) is 8.19. The molecule has 0 aliphatic carbocycles. The third-order valence-electron chi connectivity index (χ3n) is 1.96. The van der Waals surface area contributed by atoms with Crippen molar-refractivity contribution in [3.63, 3.8) is 0 Å². The number of hydrogen-bond donors (Lipinski definition) is 0. The fraction of sp³-hybridized carbons (Fsp3) is 0.714. The highest BCUT2D eigenvalue weighted by Gasteiger charge is 2.18. The molecule has 66 valence electrons. The normalized spacial score (nSPS) is 24.2. The Labute approximate surface area is 79.1 Å². The summed E-state index contributed by atoms with van der Waals surface area (Å²) in [6.07, 6.45) is 5.00. The molecule has 1 saturated heterocycles. The van der Waals surface area contributed by atoms with Crippen LogP contribution in [-0.2, 0) is 4.74 Å². The maximum atomic E-state index is 5.53. The van der Waals surface area contributed by atoms with Crippen LogP contribution in [-0.4, -0.2) is 21.4 Å². The molecule has 0 spiro atoms. The Balaban J connectivity index is 2.13. The maximum absolute atomic E-state index is 5.53. The zero-order chi connectivity index (χ0) is 8.39. The largest absolute Gasteiger partial charge is 0.356 e. The Morgan fingerprint density at radius 2 is 2.50 bits per heavy atom. The second kappa shape index (κ2) is 3.53. The van der Waals surface area contributed by atoms with E-state index in [0.29, 0.717) is 0 Å². The number of nitrogens with zero attached hydrogens (tertiary/aromatic N) is 3. The molecule has 5 heteroatoms. The average Bonchev–Trinajstić information content (AvgIpc) is 2.53. The molecule has 0 saturated carbocycles. The first-order valence-electron chi connectivity index (χ1n) is 4.04. The second-order valence-electron chi connectivity index (χ2n) is 2.79. The standard InChI is InChI=1S/C7H10BrN3O/c8-7-9-5-10-11(7)6-3-1-2-4-12-6/h5-6H,1-4H2. The summed E-state index contributed by atoms with van der Waals surface area (Å²) in [7, 11) is 0. The molecule has 1 atom stereocenters. The molecule has 1 unspecified atom stereocenters. The van der Waals surface area contributed by atoms with Crippen LogP contribution in [0.3, 0.4) is 0 Å². The molecule has 0 N–H and O–H groups in total. The molecular formula is C7H10BrN3O. The summed E-state index contributed by atoms with van der Waals surface area (Å²) in [6, 6.07) is 0. The highest BCUT2D eigenvalue weighted by Crippen LogP contribution is 2.23. The van der Waals surface area contributed by atoms with E-state index in [1.54, 1.807) is 4.68 Å². The summed E-state index contributed by atoms with van der Waals surface area (Å²) < 4.78 is 8.06. The Morgan fingerprint density at radius 1 is 1.58 bits per heavy atom. The van der Waals surface area contributed by atoms with Gasteiger partial charge in [0.1, 0.15) is 6.33 Å². The zero-order valence-electron chi connectivity index (χ0n) is 6.61. The third-order valence-corrected chi connectivity index (χ3v) is 2.53. The SMILES string of the molecule is Brc1ncnn1C1CCCCO1. The van der Waals surface area contributed by atoms with Crippen molar-refractivity contribution in [2.24, 2.45) is 0 Å². The van der Waals surface area contributed by atoms with Crippen LogP contribution in [0, 0.1) is 0 Å². The predicted octanol–water partition coefficient (Wildman–Crippen LogP) is 1.74. The van der Waals surface area contributed by atoms with Gasteiger partial charge in [0.2, 0.25) is 0 Å². The van der Waals surface area contributed by atoms with Crippen molar-refractivity contribution in [2.45, 2.75) is 25.5 Å². The summed E-state index contributed by atoms with van der Waals surface area (Å²) >= 11 is 3.31. The van der Waals surface area contributed by atoms with E-state index in [0.717, 1.165) is 24.2 Å². The molecule has 1 aromatic rings. The van der Waals surface area contributed by atoms with Gasteiger partial charge in [0.15, 0.2) is 11.0 Å². The second-order valence-corrected chi connectivity index (χ2v) is 3.50. The average molecular weight is 232 g/mol. The number of ether oxygens (including phenoxy) is 1. The Bertz CT molecular complexity index is 257. The van der Waals surface area contributed by atoms with Crippen molar-refractivity contribution < 1.29 is 4.74 Å². The van der Waals surface area contributed by atoms with Crippen LogP contribution in [0.2, 0.25) is 0 Å². The first-order chi connectivity index (χ1) is 5.88. The van der Waals surface area contributed by atoms with Crippen molar-refractivity contribution in [2.75, 3.05) is 6.61 Å². The van der Waals surface area contributed by atoms with Gasteiger partial charge in [0.25, 0.3) is 0 Å². The predicted molar refractivity (Wildman–Crippen MR) is 46.6 cm³/mol. The van der Waals surface area contributed by atoms with Gasteiger partial charge in [-0.1, -0.05) is 0 Å². The van der Waals surface area contributed by atoms with Gasteiger partial charge in [-0.15, -0.1) is 0 Å². The minimum atomic E-state index is 0.0793. The van der Waals surface area contributed by atoms with Crippen LogP contribution in [0.5, 0.6) is 0 Å². The van der Waals surface area contributed by atoms with Crippen molar-refractivity contribution in [1.29, 1.82) is 0 Å². The minimum absolute atomic E-state index is 0.0793. The van der Waals surface area contributed by atoms with E-state index < -0.39 is 0 Å². The van der Waals surface area contributed by atoms with E-state index in [1.165, 1.54) is 12.7 Å². The molecule has 2 heterocycles. The van der Waals surface area contributed by atoms with Gasteiger partial charge in [0, 0.05) is 6.61 Å². The highest BCUT2D eigenvalue weighted by atomic mass is 79.9. The van der Waals surface area contributed by atoms with E-state index in [9.17, 15) is 0 Å². The van der Waals surface area contributed by atoms with Gasteiger partial charge in [-0.3, -0.25) is 0 Å². The van der Waals surface area contributed by atoms with Crippen LogP contribution in [0.25, 0.3) is 0 Å². The van der Waals surface area contributed by atoms with Crippen LogP contribution in [0.1, 0.15) is 25.5 Å². The monoisotopic (exact) mass is 231 g/mol. The summed E-state index contributed by atoms with van der Waals surface area (Å²) in [4.78, 5) is 3.98. The summed E-state index contributed by atoms with van der Waals surface area (Å²) in [6.45, 7) is 0.830. The number of aromatic nitrogens is 3. The van der Waals surface area contributed by atoms with Gasteiger partial charge >= 0.3 is 0 Å². The lowest BCUT2D eigenvalue weighted by Crippen LogP contribution is -2.19. The van der Waals surface area contributed by atoms with Gasteiger partial charge < -0.3 is 4.74 Å². The van der Waals surface area contributed by atoms with E-state index >= 15 is 0 Å². The Kier molecular flexibility index (Phi) is 2.41. The molecule has 12 heavy (non-hydrogen) atoms. The quantitative estimate of drug-likeness (QED) is 0.740. The van der Waals surface area contributed by atoms with Crippen molar-refractivity contribution in [1.82, 2.24) is 14.8 Å². The Hall–Kier alpha value is -0.420.